The summed E-state index contributed by atoms with van der Waals surface area (Å²) in [6.45, 7) is 0.311. The first-order valence-electron chi connectivity index (χ1n) is 4.69. The van der Waals surface area contributed by atoms with Crippen molar-refractivity contribution >= 4 is 10.8 Å². The summed E-state index contributed by atoms with van der Waals surface area (Å²) in [7, 11) is 0. The van der Waals surface area contributed by atoms with Gasteiger partial charge in [-0.1, -0.05) is 36.1 Å². The molecule has 0 aliphatic carbocycles. The van der Waals surface area contributed by atoms with E-state index in [1.165, 1.54) is 6.07 Å². The molecular formula is C13H10FN. The number of fused-ring (bicyclic) bond motifs is 1. The van der Waals surface area contributed by atoms with Crippen molar-refractivity contribution in [3.05, 3.63) is 47.8 Å². The van der Waals surface area contributed by atoms with E-state index in [0.29, 0.717) is 11.9 Å². The lowest BCUT2D eigenvalue weighted by Gasteiger charge is -2.01. The van der Waals surface area contributed by atoms with Crippen LogP contribution in [0.25, 0.3) is 10.8 Å². The van der Waals surface area contributed by atoms with Gasteiger partial charge in [-0.15, -0.1) is 0 Å². The molecule has 0 radical (unpaired) electrons. The fourth-order valence-corrected chi connectivity index (χ4v) is 1.52. The molecule has 0 amide bonds. The molecule has 0 fully saturated rings. The Balaban J connectivity index is 2.72. The van der Waals surface area contributed by atoms with Crippen molar-refractivity contribution in [2.45, 2.75) is 0 Å². The Morgan fingerprint density at radius 3 is 2.53 bits per heavy atom. The van der Waals surface area contributed by atoms with Crippen molar-refractivity contribution in [1.29, 1.82) is 0 Å². The van der Waals surface area contributed by atoms with Crippen LogP contribution in [0.4, 0.5) is 4.39 Å². The fourth-order valence-electron chi connectivity index (χ4n) is 1.52. The highest BCUT2D eigenvalue weighted by atomic mass is 19.1. The highest BCUT2D eigenvalue weighted by Gasteiger charge is 2.02. The number of nitrogens with two attached hydrogens (primary N) is 1. The van der Waals surface area contributed by atoms with E-state index >= 15 is 0 Å². The van der Waals surface area contributed by atoms with E-state index in [1.807, 2.05) is 18.2 Å². The molecule has 0 saturated carbocycles. The second-order valence-electron chi connectivity index (χ2n) is 3.15. The molecule has 0 aliphatic heterocycles. The Labute approximate surface area is 87.7 Å². The zero-order valence-corrected chi connectivity index (χ0v) is 8.13. The van der Waals surface area contributed by atoms with Crippen LogP contribution in [0.3, 0.4) is 0 Å². The van der Waals surface area contributed by atoms with Gasteiger partial charge < -0.3 is 5.73 Å². The van der Waals surface area contributed by atoms with Gasteiger partial charge in [0.2, 0.25) is 0 Å². The lowest BCUT2D eigenvalue weighted by Crippen LogP contribution is -1.93. The van der Waals surface area contributed by atoms with E-state index in [-0.39, 0.29) is 5.82 Å². The van der Waals surface area contributed by atoms with Crippen LogP contribution < -0.4 is 5.73 Å². The van der Waals surface area contributed by atoms with Gasteiger partial charge in [0, 0.05) is 16.3 Å². The van der Waals surface area contributed by atoms with E-state index in [1.54, 1.807) is 12.1 Å². The quantitative estimate of drug-likeness (QED) is 0.647. The van der Waals surface area contributed by atoms with Crippen molar-refractivity contribution in [2.75, 3.05) is 6.54 Å². The first kappa shape index (κ1) is 9.70. The fraction of sp³-hybridized carbons (Fsp3) is 0.0769. The van der Waals surface area contributed by atoms with E-state index in [9.17, 15) is 4.39 Å². The predicted molar refractivity (Wildman–Crippen MR) is 59.8 cm³/mol. The average molecular weight is 199 g/mol. The topological polar surface area (TPSA) is 26.0 Å². The van der Waals surface area contributed by atoms with Crippen molar-refractivity contribution in [2.24, 2.45) is 5.73 Å². The summed E-state index contributed by atoms with van der Waals surface area (Å²) in [5.74, 6) is 5.49. The molecule has 15 heavy (non-hydrogen) atoms. The summed E-state index contributed by atoms with van der Waals surface area (Å²) in [4.78, 5) is 0. The number of hydrogen-bond acceptors (Lipinski definition) is 1. The largest absolute Gasteiger partial charge is 0.320 e. The molecule has 0 aliphatic rings. The summed E-state index contributed by atoms with van der Waals surface area (Å²) in [5, 5.41) is 1.43. The molecule has 2 rings (SSSR count). The van der Waals surface area contributed by atoms with E-state index < -0.39 is 0 Å². The van der Waals surface area contributed by atoms with E-state index in [2.05, 4.69) is 11.8 Å². The van der Waals surface area contributed by atoms with Gasteiger partial charge in [0.25, 0.3) is 0 Å². The molecule has 1 nitrogen and oxygen atoms in total. The van der Waals surface area contributed by atoms with Crippen LogP contribution in [0.15, 0.2) is 36.4 Å². The van der Waals surface area contributed by atoms with Crippen LogP contribution in [0, 0.1) is 17.7 Å². The second kappa shape index (κ2) is 4.12. The number of benzene rings is 2. The molecule has 2 aromatic carbocycles. The molecule has 2 heteroatoms. The Hall–Kier alpha value is -1.85. The van der Waals surface area contributed by atoms with Crippen molar-refractivity contribution in [1.82, 2.24) is 0 Å². The summed E-state index contributed by atoms with van der Waals surface area (Å²) in [6.07, 6.45) is 0. The monoisotopic (exact) mass is 199 g/mol. The minimum atomic E-state index is -0.219. The minimum absolute atomic E-state index is 0.219. The maximum absolute atomic E-state index is 13.4. The second-order valence-corrected chi connectivity index (χ2v) is 3.15. The van der Waals surface area contributed by atoms with Crippen LogP contribution in [-0.4, -0.2) is 6.54 Å². The van der Waals surface area contributed by atoms with Gasteiger partial charge in [0.1, 0.15) is 5.82 Å². The Morgan fingerprint density at radius 2 is 1.80 bits per heavy atom. The van der Waals surface area contributed by atoms with Crippen LogP contribution >= 0.6 is 0 Å². The highest BCUT2D eigenvalue weighted by molar-refractivity contribution is 5.88. The first-order valence-corrected chi connectivity index (χ1v) is 4.69. The molecule has 2 N–H and O–H groups in total. The molecule has 0 heterocycles. The highest BCUT2D eigenvalue weighted by Crippen LogP contribution is 2.20. The lowest BCUT2D eigenvalue weighted by molar-refractivity contribution is 0.640. The van der Waals surface area contributed by atoms with Crippen molar-refractivity contribution < 1.29 is 4.39 Å². The molecule has 0 saturated heterocycles. The van der Waals surface area contributed by atoms with Crippen LogP contribution in [0.2, 0.25) is 0 Å². The van der Waals surface area contributed by atoms with E-state index in [0.717, 1.165) is 10.9 Å². The van der Waals surface area contributed by atoms with Gasteiger partial charge in [0.15, 0.2) is 0 Å². The Morgan fingerprint density at radius 1 is 1.07 bits per heavy atom. The van der Waals surface area contributed by atoms with Crippen LogP contribution in [-0.2, 0) is 0 Å². The van der Waals surface area contributed by atoms with E-state index in [4.69, 9.17) is 5.73 Å². The molecular weight excluding hydrogens is 189 g/mol. The predicted octanol–water partition coefficient (Wildman–Crippen LogP) is 2.29. The Bertz CT molecular complexity index is 549. The lowest BCUT2D eigenvalue weighted by atomic mass is 10.0. The Kier molecular flexibility index (Phi) is 2.66. The molecule has 0 unspecified atom stereocenters. The van der Waals surface area contributed by atoms with Gasteiger partial charge in [-0.05, 0) is 12.1 Å². The maximum Gasteiger partial charge on any atom is 0.131 e. The molecule has 0 bridgehead atoms. The normalized spacial score (nSPS) is 9.73. The molecule has 0 atom stereocenters. The molecule has 0 spiro atoms. The molecule has 0 aromatic heterocycles. The minimum Gasteiger partial charge on any atom is -0.320 e. The van der Waals surface area contributed by atoms with Crippen LogP contribution in [0.5, 0.6) is 0 Å². The first-order chi connectivity index (χ1) is 7.33. The standard InChI is InChI=1S/C13H10FN/c14-13-8-7-10(4-3-9-15)11-5-1-2-6-12(11)13/h1-2,5-8H,9,15H2. The van der Waals surface area contributed by atoms with Gasteiger partial charge in [-0.25, -0.2) is 4.39 Å². The number of hydrogen-bond donors (Lipinski definition) is 1. The summed E-state index contributed by atoms with van der Waals surface area (Å²) in [6, 6.07) is 10.4. The summed E-state index contributed by atoms with van der Waals surface area (Å²) < 4.78 is 13.4. The summed E-state index contributed by atoms with van der Waals surface area (Å²) in [5.41, 5.74) is 6.12. The smallest absolute Gasteiger partial charge is 0.131 e. The SMILES string of the molecule is NCC#Cc1ccc(F)c2ccccc12. The zero-order valence-electron chi connectivity index (χ0n) is 8.13. The molecule has 2 aromatic rings. The van der Waals surface area contributed by atoms with Crippen LogP contribution in [0.1, 0.15) is 5.56 Å². The third-order valence-corrected chi connectivity index (χ3v) is 2.20. The van der Waals surface area contributed by atoms with Crippen molar-refractivity contribution in [3.8, 4) is 11.8 Å². The zero-order chi connectivity index (χ0) is 10.7. The van der Waals surface area contributed by atoms with Crippen molar-refractivity contribution in [3.63, 3.8) is 0 Å². The number of halogens is 1. The number of rotatable bonds is 0. The molecule has 74 valence electrons. The maximum atomic E-state index is 13.4. The van der Waals surface area contributed by atoms with Gasteiger partial charge in [-0.3, -0.25) is 0 Å². The van der Waals surface area contributed by atoms with Gasteiger partial charge in [0.05, 0.1) is 6.54 Å². The van der Waals surface area contributed by atoms with Gasteiger partial charge in [-0.2, -0.15) is 0 Å². The van der Waals surface area contributed by atoms with Gasteiger partial charge >= 0.3 is 0 Å². The third kappa shape index (κ3) is 1.83. The third-order valence-electron chi connectivity index (χ3n) is 2.20. The summed E-state index contributed by atoms with van der Waals surface area (Å²) >= 11 is 0. The average Bonchev–Trinajstić information content (AvgIpc) is 2.29.